The molecule has 4 rings (SSSR count). The molecule has 2 N–H and O–H groups in total. The fraction of sp³-hybridized carbons (Fsp3) is 0.261. The van der Waals surface area contributed by atoms with Crippen molar-refractivity contribution in [3.05, 3.63) is 66.4 Å². The van der Waals surface area contributed by atoms with Crippen LogP contribution in [0.25, 0.3) is 0 Å². The zero-order valence-electron chi connectivity index (χ0n) is 17.7. The summed E-state index contributed by atoms with van der Waals surface area (Å²) in [4.78, 5) is 6.78. The number of aromatic nitrogens is 1. The van der Waals surface area contributed by atoms with Crippen molar-refractivity contribution >= 4 is 23.1 Å². The third kappa shape index (κ3) is 4.63. The molecule has 0 saturated heterocycles. The van der Waals surface area contributed by atoms with E-state index >= 15 is 0 Å². The molecule has 0 bridgehead atoms. The van der Waals surface area contributed by atoms with E-state index in [1.54, 1.807) is 23.2 Å². The van der Waals surface area contributed by atoms with E-state index in [4.69, 9.17) is 10.5 Å². The molecule has 168 valence electrons. The molecular weight excluding hydrogens is 439 g/mol. The SMILES string of the molecule is CC(C)(C)c1ccccc1Oc1ncccc1N1c2ccc(OC(F)(F)F)cc2SC1N. The van der Waals surface area contributed by atoms with Crippen LogP contribution in [0.5, 0.6) is 17.4 Å². The van der Waals surface area contributed by atoms with E-state index in [2.05, 4.69) is 30.5 Å². The van der Waals surface area contributed by atoms with E-state index in [0.717, 1.165) is 5.56 Å². The van der Waals surface area contributed by atoms with Crippen molar-refractivity contribution in [2.75, 3.05) is 4.90 Å². The van der Waals surface area contributed by atoms with E-state index in [1.807, 2.05) is 30.3 Å². The largest absolute Gasteiger partial charge is 0.573 e. The van der Waals surface area contributed by atoms with Crippen LogP contribution in [0.1, 0.15) is 26.3 Å². The predicted octanol–water partition coefficient (Wildman–Crippen LogP) is 6.56. The lowest BCUT2D eigenvalue weighted by molar-refractivity contribution is -0.274. The lowest BCUT2D eigenvalue weighted by Crippen LogP contribution is -2.32. The van der Waals surface area contributed by atoms with Crippen molar-refractivity contribution in [3.8, 4) is 17.4 Å². The van der Waals surface area contributed by atoms with Crippen molar-refractivity contribution in [1.82, 2.24) is 4.98 Å². The van der Waals surface area contributed by atoms with Crippen molar-refractivity contribution in [2.24, 2.45) is 5.73 Å². The van der Waals surface area contributed by atoms with Gasteiger partial charge in [-0.2, -0.15) is 0 Å². The van der Waals surface area contributed by atoms with E-state index < -0.39 is 11.9 Å². The Balaban J connectivity index is 1.71. The number of alkyl halides is 3. The molecule has 0 fully saturated rings. The van der Waals surface area contributed by atoms with Gasteiger partial charge in [-0.1, -0.05) is 50.7 Å². The summed E-state index contributed by atoms with van der Waals surface area (Å²) in [5.74, 6) is 0.734. The number of fused-ring (bicyclic) bond motifs is 1. The number of halogens is 3. The number of ether oxygens (including phenoxy) is 2. The molecule has 0 saturated carbocycles. The van der Waals surface area contributed by atoms with Crippen LogP contribution >= 0.6 is 11.8 Å². The first-order chi connectivity index (χ1) is 15.0. The molecule has 32 heavy (non-hydrogen) atoms. The summed E-state index contributed by atoms with van der Waals surface area (Å²) >= 11 is 1.23. The summed E-state index contributed by atoms with van der Waals surface area (Å²) < 4.78 is 48.1. The minimum Gasteiger partial charge on any atom is -0.437 e. The maximum absolute atomic E-state index is 12.6. The first-order valence-corrected chi connectivity index (χ1v) is 10.7. The van der Waals surface area contributed by atoms with Crippen molar-refractivity contribution < 1.29 is 22.6 Å². The average molecular weight is 462 g/mol. The number of hydrogen-bond donors (Lipinski definition) is 1. The van der Waals surface area contributed by atoms with Gasteiger partial charge in [0.2, 0.25) is 5.88 Å². The van der Waals surface area contributed by atoms with Gasteiger partial charge in [0.1, 0.15) is 22.7 Å². The fourth-order valence-electron chi connectivity index (χ4n) is 3.50. The average Bonchev–Trinajstić information content (AvgIpc) is 3.01. The Morgan fingerprint density at radius 3 is 2.47 bits per heavy atom. The highest BCUT2D eigenvalue weighted by Crippen LogP contribution is 2.49. The maximum Gasteiger partial charge on any atom is 0.573 e. The van der Waals surface area contributed by atoms with Gasteiger partial charge in [-0.3, -0.25) is 0 Å². The zero-order valence-corrected chi connectivity index (χ0v) is 18.5. The smallest absolute Gasteiger partial charge is 0.437 e. The highest BCUT2D eigenvalue weighted by atomic mass is 32.2. The Labute approximate surface area is 188 Å². The maximum atomic E-state index is 12.6. The highest BCUT2D eigenvalue weighted by Gasteiger charge is 2.35. The molecule has 1 aliphatic heterocycles. The molecule has 1 aromatic heterocycles. The molecule has 0 radical (unpaired) electrons. The van der Waals surface area contributed by atoms with Gasteiger partial charge in [0, 0.05) is 16.7 Å². The van der Waals surface area contributed by atoms with Crippen molar-refractivity contribution in [2.45, 2.75) is 42.9 Å². The standard InChI is InChI=1S/C23H22F3N3O2S/c1-22(2,3)15-7-4-5-9-18(15)30-20-17(8-6-12-28-20)29-16-11-10-14(31-23(24,25)26)13-19(16)32-21(29)27/h4-13,21H,27H2,1-3H3. The van der Waals surface area contributed by atoms with Crippen LogP contribution in [0.2, 0.25) is 0 Å². The third-order valence-electron chi connectivity index (χ3n) is 4.84. The summed E-state index contributed by atoms with van der Waals surface area (Å²) in [6.45, 7) is 6.29. The van der Waals surface area contributed by atoms with E-state index in [9.17, 15) is 13.2 Å². The molecule has 1 aliphatic rings. The van der Waals surface area contributed by atoms with Crippen LogP contribution in [0.4, 0.5) is 24.5 Å². The quantitative estimate of drug-likeness (QED) is 0.475. The number of pyridine rings is 1. The Morgan fingerprint density at radius 2 is 1.75 bits per heavy atom. The van der Waals surface area contributed by atoms with Gasteiger partial charge in [-0.05, 0) is 41.8 Å². The predicted molar refractivity (Wildman–Crippen MR) is 119 cm³/mol. The summed E-state index contributed by atoms with van der Waals surface area (Å²) in [6.07, 6.45) is -3.14. The second-order valence-electron chi connectivity index (χ2n) is 8.23. The molecule has 1 atom stereocenters. The number of nitrogens with two attached hydrogens (primary N) is 1. The molecule has 3 aromatic rings. The number of nitrogens with zero attached hydrogens (tertiary/aromatic N) is 2. The number of thioether (sulfide) groups is 1. The zero-order chi connectivity index (χ0) is 23.1. The minimum absolute atomic E-state index is 0.146. The van der Waals surface area contributed by atoms with Crippen LogP contribution in [0.3, 0.4) is 0 Å². The van der Waals surface area contributed by atoms with Crippen molar-refractivity contribution in [3.63, 3.8) is 0 Å². The van der Waals surface area contributed by atoms with Crippen LogP contribution < -0.4 is 20.1 Å². The molecule has 1 unspecified atom stereocenters. The van der Waals surface area contributed by atoms with Gasteiger partial charge in [-0.25, -0.2) is 4.98 Å². The van der Waals surface area contributed by atoms with Gasteiger partial charge >= 0.3 is 6.36 Å². The third-order valence-corrected chi connectivity index (χ3v) is 5.87. The summed E-state index contributed by atoms with van der Waals surface area (Å²) in [5, 5.41) is 0. The van der Waals surface area contributed by atoms with E-state index in [1.165, 1.54) is 23.9 Å². The second-order valence-corrected chi connectivity index (χ2v) is 9.39. The minimum atomic E-state index is -4.76. The van der Waals surface area contributed by atoms with Crippen LogP contribution in [-0.2, 0) is 5.41 Å². The van der Waals surface area contributed by atoms with Gasteiger partial charge in [-0.15, -0.1) is 13.2 Å². The van der Waals surface area contributed by atoms with Gasteiger partial charge in [0.15, 0.2) is 0 Å². The molecule has 0 spiro atoms. The van der Waals surface area contributed by atoms with E-state index in [-0.39, 0.29) is 11.2 Å². The Morgan fingerprint density at radius 1 is 1.00 bits per heavy atom. The van der Waals surface area contributed by atoms with Gasteiger partial charge < -0.3 is 20.1 Å². The molecule has 0 amide bonds. The summed E-state index contributed by atoms with van der Waals surface area (Å²) in [5.41, 5.74) is 7.90. The number of rotatable bonds is 4. The monoisotopic (exact) mass is 461 g/mol. The molecule has 5 nitrogen and oxygen atoms in total. The lowest BCUT2D eigenvalue weighted by Gasteiger charge is -2.26. The number of hydrogen-bond acceptors (Lipinski definition) is 6. The van der Waals surface area contributed by atoms with Crippen LogP contribution in [-0.4, -0.2) is 16.8 Å². The lowest BCUT2D eigenvalue weighted by atomic mass is 9.86. The Bertz CT molecular complexity index is 1130. The van der Waals surface area contributed by atoms with Crippen LogP contribution in [0.15, 0.2) is 65.7 Å². The summed E-state index contributed by atoms with van der Waals surface area (Å²) in [7, 11) is 0. The van der Waals surface area contributed by atoms with Gasteiger partial charge in [0.05, 0.1) is 5.69 Å². The number of para-hydroxylation sites is 1. The Hall–Kier alpha value is -2.91. The molecule has 2 heterocycles. The van der Waals surface area contributed by atoms with Crippen molar-refractivity contribution in [1.29, 1.82) is 0 Å². The first-order valence-electron chi connectivity index (χ1n) is 9.86. The normalized spacial score (nSPS) is 16.1. The van der Waals surface area contributed by atoms with Crippen LogP contribution in [0, 0.1) is 0 Å². The van der Waals surface area contributed by atoms with Gasteiger partial charge in [0.25, 0.3) is 0 Å². The molecule has 0 aliphatic carbocycles. The molecule has 2 aromatic carbocycles. The Kier molecular flexibility index (Phi) is 5.72. The fourth-order valence-corrected chi connectivity index (χ4v) is 4.56. The first kappa shape index (κ1) is 22.3. The highest BCUT2D eigenvalue weighted by molar-refractivity contribution is 8.00. The summed E-state index contributed by atoms with van der Waals surface area (Å²) in [6, 6.07) is 15.5. The number of benzene rings is 2. The van der Waals surface area contributed by atoms with E-state index in [0.29, 0.717) is 27.9 Å². The number of anilines is 2. The molecule has 9 heteroatoms. The topological polar surface area (TPSA) is 60.6 Å². The molecular formula is C23H22F3N3O2S. The second kappa shape index (κ2) is 8.22.